The van der Waals surface area contributed by atoms with Crippen LogP contribution in [0, 0.1) is 5.92 Å². The van der Waals surface area contributed by atoms with Gasteiger partial charge in [0.2, 0.25) is 5.91 Å². The van der Waals surface area contributed by atoms with Crippen molar-refractivity contribution in [1.29, 1.82) is 0 Å². The summed E-state index contributed by atoms with van der Waals surface area (Å²) in [7, 11) is 0. The van der Waals surface area contributed by atoms with Gasteiger partial charge in [-0.25, -0.2) is 15.0 Å². The number of anilines is 4. The van der Waals surface area contributed by atoms with E-state index >= 15 is 0 Å². The van der Waals surface area contributed by atoms with Crippen LogP contribution in [0.2, 0.25) is 10.0 Å². The van der Waals surface area contributed by atoms with E-state index in [9.17, 15) is 19.2 Å². The van der Waals surface area contributed by atoms with E-state index in [0.717, 1.165) is 93.2 Å². The third-order valence-electron chi connectivity index (χ3n) is 12.9. The smallest absolute Gasteiger partial charge is 0.278 e. The van der Waals surface area contributed by atoms with Crippen molar-refractivity contribution in [2.75, 3.05) is 60.9 Å². The molecule has 0 radical (unpaired) electrons. The molecule has 0 unspecified atom stereocenters. The van der Waals surface area contributed by atoms with Gasteiger partial charge in [0, 0.05) is 81.4 Å². The van der Waals surface area contributed by atoms with Gasteiger partial charge in [-0.1, -0.05) is 34.5 Å². The van der Waals surface area contributed by atoms with Crippen LogP contribution in [-0.2, 0) is 9.59 Å². The Hall–Kier alpha value is -6.17. The molecule has 3 N–H and O–H groups in total. The Bertz CT molecular complexity index is 2760. The van der Waals surface area contributed by atoms with Crippen molar-refractivity contribution in [1.82, 2.24) is 50.0 Å². The molecule has 4 fully saturated rings. The Balaban J connectivity index is 0.691. The summed E-state index contributed by atoms with van der Waals surface area (Å²) < 4.78 is 3.16. The zero-order chi connectivity index (χ0) is 43.2. The quantitative estimate of drug-likeness (QED) is 0.154. The van der Waals surface area contributed by atoms with Gasteiger partial charge in [0.15, 0.2) is 17.0 Å². The van der Waals surface area contributed by atoms with Crippen molar-refractivity contribution in [3.63, 3.8) is 0 Å². The molecule has 3 amide bonds. The molecule has 3 aliphatic heterocycles. The van der Waals surface area contributed by atoms with Crippen molar-refractivity contribution in [3.8, 4) is 0 Å². The van der Waals surface area contributed by atoms with E-state index in [1.165, 1.54) is 5.69 Å². The molecule has 324 valence electrons. The van der Waals surface area contributed by atoms with E-state index < -0.39 is 11.9 Å². The molecule has 1 atom stereocenters. The number of rotatable bonds is 10. The lowest BCUT2D eigenvalue weighted by molar-refractivity contribution is -0.136. The molecule has 3 aromatic carbocycles. The van der Waals surface area contributed by atoms with E-state index in [-0.39, 0.29) is 42.3 Å². The number of imidazole rings is 1. The van der Waals surface area contributed by atoms with E-state index in [2.05, 4.69) is 84.7 Å². The minimum atomic E-state index is -0.850. The van der Waals surface area contributed by atoms with Crippen LogP contribution in [0.4, 0.5) is 22.9 Å². The lowest BCUT2D eigenvalue weighted by Crippen LogP contribution is -2.49. The molecule has 0 spiro atoms. The Morgan fingerprint density at radius 3 is 2.30 bits per heavy atom. The normalized spacial score (nSPS) is 21.1. The molecule has 0 bridgehead atoms. The average Bonchev–Trinajstić information content (AvgIpc) is 3.70. The van der Waals surface area contributed by atoms with Crippen molar-refractivity contribution in [2.24, 2.45) is 5.92 Å². The second-order valence-corrected chi connectivity index (χ2v) is 17.7. The second-order valence-electron chi connectivity index (χ2n) is 16.8. The SMILES string of the molecule is O=C1CC[C@H](n2nnc3ccc(N4CCN(CC5CCN(c6ccc(Nc7ncnc8c7ncn8C7CC(NC(=O)c8c(Cl)cccc8Cl)C7)cc6)CC5)CC4)cc3c2=O)C(=O)N1. The molecule has 19 heteroatoms. The first-order valence-electron chi connectivity index (χ1n) is 21.4. The highest BCUT2D eigenvalue weighted by molar-refractivity contribution is 6.39. The number of aromatic nitrogens is 7. The van der Waals surface area contributed by atoms with E-state index in [0.29, 0.717) is 43.8 Å². The Kier molecular flexibility index (Phi) is 11.1. The maximum absolute atomic E-state index is 13.4. The lowest BCUT2D eigenvalue weighted by Gasteiger charge is -2.40. The summed E-state index contributed by atoms with van der Waals surface area (Å²) in [6, 6.07) is 18.4. The van der Waals surface area contributed by atoms with E-state index in [1.807, 2.05) is 18.2 Å². The summed E-state index contributed by atoms with van der Waals surface area (Å²) in [4.78, 5) is 71.4. The van der Waals surface area contributed by atoms with Crippen LogP contribution in [0.15, 0.2) is 78.1 Å². The van der Waals surface area contributed by atoms with Crippen molar-refractivity contribution in [3.05, 3.63) is 99.3 Å². The number of carbonyl (C=O) groups excluding carboxylic acids is 3. The molecule has 63 heavy (non-hydrogen) atoms. The van der Waals surface area contributed by atoms with Crippen LogP contribution in [0.3, 0.4) is 0 Å². The van der Waals surface area contributed by atoms with Crippen LogP contribution >= 0.6 is 23.2 Å². The number of piperidine rings is 2. The maximum atomic E-state index is 13.4. The van der Waals surface area contributed by atoms with Gasteiger partial charge in [0.1, 0.15) is 17.9 Å². The standard InChI is InChI=1S/C44H45Cl2N13O4/c45-33-2-1-3-34(46)38(33)43(62)51-28-20-31(21-28)58-25-49-39-40(47-24-48-41(39)58)50-27-4-6-29(7-5-27)56-14-12-26(13-15-56)23-55-16-18-57(19-17-55)30-8-9-35-32(22-30)44(63)59(54-53-35)36-10-11-37(60)52-42(36)61/h1-9,22,24-26,28,31,36H,10-21,23H2,(H,51,62)(H,47,48,50)(H,52,60,61)/t28?,31?,36-/m0/s1. The zero-order valence-electron chi connectivity index (χ0n) is 34.3. The fraction of sp³-hybridized carbons (Fsp3) is 0.386. The Morgan fingerprint density at radius 1 is 0.825 bits per heavy atom. The lowest BCUT2D eigenvalue weighted by atomic mass is 9.86. The summed E-state index contributed by atoms with van der Waals surface area (Å²) >= 11 is 12.5. The molecule has 3 saturated heterocycles. The van der Waals surface area contributed by atoms with Crippen molar-refractivity contribution >= 4 is 85.9 Å². The summed E-state index contributed by atoms with van der Waals surface area (Å²) in [6.45, 7) is 6.61. The third-order valence-corrected chi connectivity index (χ3v) is 13.6. The third kappa shape index (κ3) is 8.27. The minimum Gasteiger partial charge on any atom is -0.372 e. The van der Waals surface area contributed by atoms with Crippen LogP contribution < -0.4 is 31.3 Å². The van der Waals surface area contributed by atoms with Crippen molar-refractivity contribution < 1.29 is 14.4 Å². The fourth-order valence-electron chi connectivity index (χ4n) is 9.29. The number of imide groups is 1. The first-order chi connectivity index (χ1) is 30.6. The number of benzene rings is 3. The van der Waals surface area contributed by atoms with Gasteiger partial charge in [-0.15, -0.1) is 5.10 Å². The van der Waals surface area contributed by atoms with Crippen LogP contribution in [0.25, 0.3) is 22.1 Å². The monoisotopic (exact) mass is 889 g/mol. The topological polar surface area (TPSA) is 188 Å². The van der Waals surface area contributed by atoms with Gasteiger partial charge < -0.3 is 25.0 Å². The number of halogens is 2. The van der Waals surface area contributed by atoms with Crippen LogP contribution in [0.5, 0.6) is 0 Å². The molecular formula is C44H45Cl2N13O4. The highest BCUT2D eigenvalue weighted by atomic mass is 35.5. The van der Waals surface area contributed by atoms with E-state index in [1.54, 1.807) is 30.9 Å². The molecule has 17 nitrogen and oxygen atoms in total. The minimum absolute atomic E-state index is 0.0127. The Morgan fingerprint density at radius 2 is 1.56 bits per heavy atom. The highest BCUT2D eigenvalue weighted by Gasteiger charge is 2.34. The predicted molar refractivity (Wildman–Crippen MR) is 240 cm³/mol. The summed E-state index contributed by atoms with van der Waals surface area (Å²) in [5, 5.41) is 18.1. The van der Waals surface area contributed by atoms with Crippen LogP contribution in [-0.4, -0.2) is 109 Å². The molecule has 1 saturated carbocycles. The van der Waals surface area contributed by atoms with Crippen LogP contribution in [0.1, 0.15) is 61.0 Å². The predicted octanol–water partition coefficient (Wildman–Crippen LogP) is 5.13. The van der Waals surface area contributed by atoms with Gasteiger partial charge in [0.25, 0.3) is 17.4 Å². The zero-order valence-corrected chi connectivity index (χ0v) is 35.8. The first kappa shape index (κ1) is 40.9. The first-order valence-corrected chi connectivity index (χ1v) is 22.2. The summed E-state index contributed by atoms with van der Waals surface area (Å²) in [5.41, 5.74) is 4.86. The molecular weight excluding hydrogens is 845 g/mol. The number of hydrogen-bond acceptors (Lipinski definition) is 13. The number of fused-ring (bicyclic) bond motifs is 2. The fourth-order valence-corrected chi connectivity index (χ4v) is 9.86. The molecule has 1 aliphatic carbocycles. The molecule has 4 aliphatic rings. The molecule has 3 aromatic heterocycles. The van der Waals surface area contributed by atoms with Gasteiger partial charge >= 0.3 is 0 Å². The van der Waals surface area contributed by atoms with Gasteiger partial charge in [0.05, 0.1) is 27.3 Å². The summed E-state index contributed by atoms with van der Waals surface area (Å²) in [5.74, 6) is 0.109. The number of amides is 3. The summed E-state index contributed by atoms with van der Waals surface area (Å²) in [6.07, 6.45) is 7.43. The number of hydrogen-bond donors (Lipinski definition) is 3. The van der Waals surface area contributed by atoms with Gasteiger partial charge in [-0.3, -0.25) is 29.4 Å². The van der Waals surface area contributed by atoms with Crippen molar-refractivity contribution in [2.45, 2.75) is 56.7 Å². The average molecular weight is 891 g/mol. The number of piperazine rings is 1. The second kappa shape index (κ2) is 17.2. The Labute approximate surface area is 371 Å². The maximum Gasteiger partial charge on any atom is 0.278 e. The molecule has 6 aromatic rings. The molecule has 6 heterocycles. The van der Waals surface area contributed by atoms with Gasteiger partial charge in [-0.2, -0.15) is 4.68 Å². The van der Waals surface area contributed by atoms with E-state index in [4.69, 9.17) is 23.2 Å². The van der Waals surface area contributed by atoms with Gasteiger partial charge in [-0.05, 0) is 92.6 Å². The largest absolute Gasteiger partial charge is 0.372 e. The number of carbonyl (C=O) groups is 3. The number of nitrogens with zero attached hydrogens (tertiary/aromatic N) is 10. The molecule has 10 rings (SSSR count). The number of nitrogens with one attached hydrogen (secondary N) is 3. The highest BCUT2D eigenvalue weighted by Crippen LogP contribution is 2.36.